The van der Waals surface area contributed by atoms with Crippen LogP contribution in [-0.2, 0) is 6.61 Å². The zero-order chi connectivity index (χ0) is 14.1. The van der Waals surface area contributed by atoms with E-state index in [4.69, 9.17) is 4.98 Å². The number of aromatic nitrogens is 1. The van der Waals surface area contributed by atoms with Gasteiger partial charge in [-0.05, 0) is 50.3 Å². The van der Waals surface area contributed by atoms with Crippen molar-refractivity contribution in [2.45, 2.75) is 39.3 Å². The second kappa shape index (κ2) is 5.41. The number of anilines is 1. The van der Waals surface area contributed by atoms with Crippen molar-refractivity contribution in [1.29, 1.82) is 0 Å². The molecule has 1 aliphatic rings. The summed E-state index contributed by atoms with van der Waals surface area (Å²) >= 11 is 0. The average molecular weight is 270 g/mol. The van der Waals surface area contributed by atoms with Crippen LogP contribution in [0.1, 0.15) is 32.3 Å². The Morgan fingerprint density at radius 3 is 2.70 bits per heavy atom. The van der Waals surface area contributed by atoms with E-state index in [0.717, 1.165) is 34.7 Å². The molecule has 106 valence electrons. The fraction of sp³-hybridized carbons (Fsp3) is 0.471. The average Bonchev–Trinajstić information content (AvgIpc) is 3.27. The number of hydrogen-bond acceptors (Lipinski definition) is 3. The van der Waals surface area contributed by atoms with E-state index >= 15 is 0 Å². The standard InChI is InChI=1S/C17H22N2O/c1-12(2)19(10-13-7-8-13)17-9-14(11-20)15-5-3-4-6-16(15)18-17/h3-6,9,12-13,20H,7-8,10-11H2,1-2H3. The van der Waals surface area contributed by atoms with E-state index in [1.807, 2.05) is 30.3 Å². The number of para-hydroxylation sites is 1. The van der Waals surface area contributed by atoms with Crippen LogP contribution in [0.4, 0.5) is 5.82 Å². The first-order chi connectivity index (χ1) is 9.69. The van der Waals surface area contributed by atoms with Crippen LogP contribution in [0.15, 0.2) is 30.3 Å². The summed E-state index contributed by atoms with van der Waals surface area (Å²) in [4.78, 5) is 7.17. The molecule has 2 aromatic rings. The lowest BCUT2D eigenvalue weighted by Crippen LogP contribution is -2.33. The number of rotatable bonds is 5. The Morgan fingerprint density at radius 1 is 1.30 bits per heavy atom. The molecule has 1 N–H and O–H groups in total. The molecule has 1 heterocycles. The van der Waals surface area contributed by atoms with Crippen LogP contribution in [0.3, 0.4) is 0 Å². The van der Waals surface area contributed by atoms with Crippen LogP contribution < -0.4 is 4.90 Å². The summed E-state index contributed by atoms with van der Waals surface area (Å²) in [6.07, 6.45) is 2.67. The predicted octanol–water partition coefficient (Wildman–Crippen LogP) is 3.35. The summed E-state index contributed by atoms with van der Waals surface area (Å²) in [7, 11) is 0. The van der Waals surface area contributed by atoms with Crippen molar-refractivity contribution in [3.8, 4) is 0 Å². The summed E-state index contributed by atoms with van der Waals surface area (Å²) < 4.78 is 0. The van der Waals surface area contributed by atoms with E-state index in [0.29, 0.717) is 6.04 Å². The molecule has 0 amide bonds. The first-order valence-electron chi connectivity index (χ1n) is 7.45. The molecule has 3 heteroatoms. The molecular formula is C17H22N2O. The molecular weight excluding hydrogens is 248 g/mol. The normalized spacial score (nSPS) is 15.0. The first-order valence-corrected chi connectivity index (χ1v) is 7.45. The van der Waals surface area contributed by atoms with Gasteiger partial charge in [-0.15, -0.1) is 0 Å². The maximum absolute atomic E-state index is 9.63. The van der Waals surface area contributed by atoms with Crippen molar-refractivity contribution in [2.24, 2.45) is 5.92 Å². The lowest BCUT2D eigenvalue weighted by Gasteiger charge is -2.28. The van der Waals surface area contributed by atoms with E-state index in [1.165, 1.54) is 12.8 Å². The van der Waals surface area contributed by atoms with E-state index in [-0.39, 0.29) is 6.61 Å². The number of fused-ring (bicyclic) bond motifs is 1. The van der Waals surface area contributed by atoms with E-state index in [9.17, 15) is 5.11 Å². The molecule has 1 aliphatic carbocycles. The molecule has 0 spiro atoms. The molecule has 3 rings (SSSR count). The zero-order valence-corrected chi connectivity index (χ0v) is 12.2. The molecule has 1 fully saturated rings. The third-order valence-electron chi connectivity index (χ3n) is 4.03. The van der Waals surface area contributed by atoms with Gasteiger partial charge < -0.3 is 10.0 Å². The highest BCUT2D eigenvalue weighted by Gasteiger charge is 2.26. The largest absolute Gasteiger partial charge is 0.392 e. The molecule has 1 saturated carbocycles. The van der Waals surface area contributed by atoms with Crippen molar-refractivity contribution in [3.63, 3.8) is 0 Å². The first kappa shape index (κ1) is 13.4. The van der Waals surface area contributed by atoms with E-state index in [2.05, 4.69) is 18.7 Å². The van der Waals surface area contributed by atoms with Gasteiger partial charge in [0.1, 0.15) is 5.82 Å². The van der Waals surface area contributed by atoms with Crippen molar-refractivity contribution < 1.29 is 5.11 Å². The zero-order valence-electron chi connectivity index (χ0n) is 12.2. The van der Waals surface area contributed by atoms with Gasteiger partial charge in [-0.2, -0.15) is 0 Å². The fourth-order valence-electron chi connectivity index (χ4n) is 2.66. The van der Waals surface area contributed by atoms with Crippen LogP contribution in [0.25, 0.3) is 10.9 Å². The highest BCUT2D eigenvalue weighted by Crippen LogP contribution is 2.33. The molecule has 3 nitrogen and oxygen atoms in total. The third-order valence-corrected chi connectivity index (χ3v) is 4.03. The minimum Gasteiger partial charge on any atom is -0.392 e. The maximum Gasteiger partial charge on any atom is 0.129 e. The van der Waals surface area contributed by atoms with Crippen LogP contribution in [0.5, 0.6) is 0 Å². The Kier molecular flexibility index (Phi) is 3.62. The van der Waals surface area contributed by atoms with Gasteiger partial charge in [-0.1, -0.05) is 18.2 Å². The van der Waals surface area contributed by atoms with E-state index in [1.54, 1.807) is 0 Å². The van der Waals surface area contributed by atoms with Gasteiger partial charge in [0.05, 0.1) is 12.1 Å². The van der Waals surface area contributed by atoms with Gasteiger partial charge >= 0.3 is 0 Å². The molecule has 1 aromatic carbocycles. The molecule has 20 heavy (non-hydrogen) atoms. The topological polar surface area (TPSA) is 36.4 Å². The smallest absolute Gasteiger partial charge is 0.129 e. The highest BCUT2D eigenvalue weighted by molar-refractivity contribution is 5.84. The van der Waals surface area contributed by atoms with E-state index < -0.39 is 0 Å². The number of benzene rings is 1. The SMILES string of the molecule is CC(C)N(CC1CC1)c1cc(CO)c2ccccc2n1. The van der Waals surface area contributed by atoms with Crippen molar-refractivity contribution in [2.75, 3.05) is 11.4 Å². The maximum atomic E-state index is 9.63. The van der Waals surface area contributed by atoms with Gasteiger partial charge in [-0.3, -0.25) is 0 Å². The summed E-state index contributed by atoms with van der Waals surface area (Å²) in [5.41, 5.74) is 1.93. The van der Waals surface area contributed by atoms with Crippen LogP contribution in [0, 0.1) is 5.92 Å². The molecule has 0 unspecified atom stereocenters. The lowest BCUT2D eigenvalue weighted by atomic mass is 10.1. The van der Waals surface area contributed by atoms with Gasteiger partial charge in [0.25, 0.3) is 0 Å². The summed E-state index contributed by atoms with van der Waals surface area (Å²) in [6.45, 7) is 5.55. The minimum absolute atomic E-state index is 0.0609. The van der Waals surface area contributed by atoms with Crippen molar-refractivity contribution in [1.82, 2.24) is 4.98 Å². The summed E-state index contributed by atoms with van der Waals surface area (Å²) in [5.74, 6) is 1.82. The summed E-state index contributed by atoms with van der Waals surface area (Å²) in [5, 5.41) is 10.7. The molecule has 0 radical (unpaired) electrons. The van der Waals surface area contributed by atoms with Crippen LogP contribution in [-0.4, -0.2) is 22.7 Å². The molecule has 0 aliphatic heterocycles. The molecule has 0 saturated heterocycles. The summed E-state index contributed by atoms with van der Waals surface area (Å²) in [6, 6.07) is 10.5. The predicted molar refractivity (Wildman–Crippen MR) is 82.9 cm³/mol. The monoisotopic (exact) mass is 270 g/mol. The van der Waals surface area contributed by atoms with Crippen LogP contribution in [0.2, 0.25) is 0 Å². The van der Waals surface area contributed by atoms with Crippen LogP contribution >= 0.6 is 0 Å². The Hall–Kier alpha value is -1.61. The number of aliphatic hydroxyl groups excluding tert-OH is 1. The number of hydrogen-bond donors (Lipinski definition) is 1. The molecule has 0 bridgehead atoms. The quantitative estimate of drug-likeness (QED) is 0.905. The second-order valence-electron chi connectivity index (χ2n) is 6.00. The molecule has 1 aromatic heterocycles. The molecule has 0 atom stereocenters. The van der Waals surface area contributed by atoms with Crippen molar-refractivity contribution >= 4 is 16.7 Å². The number of aliphatic hydroxyl groups is 1. The Labute approximate surface area is 120 Å². The Balaban J connectivity index is 2.04. The number of pyridine rings is 1. The Bertz CT molecular complexity index is 605. The van der Waals surface area contributed by atoms with Crippen molar-refractivity contribution in [3.05, 3.63) is 35.9 Å². The van der Waals surface area contributed by atoms with Gasteiger partial charge in [0.15, 0.2) is 0 Å². The number of nitrogens with zero attached hydrogens (tertiary/aromatic N) is 2. The lowest BCUT2D eigenvalue weighted by molar-refractivity contribution is 0.283. The fourth-order valence-corrected chi connectivity index (χ4v) is 2.66. The van der Waals surface area contributed by atoms with Gasteiger partial charge in [0.2, 0.25) is 0 Å². The Morgan fingerprint density at radius 2 is 2.05 bits per heavy atom. The third kappa shape index (κ3) is 2.63. The van der Waals surface area contributed by atoms with Gasteiger partial charge in [-0.25, -0.2) is 4.98 Å². The second-order valence-corrected chi connectivity index (χ2v) is 6.00. The van der Waals surface area contributed by atoms with Gasteiger partial charge in [0, 0.05) is 18.0 Å². The minimum atomic E-state index is 0.0609. The highest BCUT2D eigenvalue weighted by atomic mass is 16.3.